The zero-order valence-electron chi connectivity index (χ0n) is 15.7. The zero-order valence-corrected chi connectivity index (χ0v) is 17.2. The Labute approximate surface area is 177 Å². The average Bonchev–Trinajstić information content (AvgIpc) is 2.69. The molecule has 4 nitrogen and oxygen atoms in total. The van der Waals surface area contributed by atoms with Crippen molar-refractivity contribution in [1.82, 2.24) is 9.13 Å². The lowest BCUT2D eigenvalue weighted by Crippen LogP contribution is -2.40. The largest absolute Gasteiger partial charge is 0.332 e. The van der Waals surface area contributed by atoms with Crippen LogP contribution in [-0.4, -0.2) is 9.13 Å². The molecule has 0 unspecified atom stereocenters. The summed E-state index contributed by atoms with van der Waals surface area (Å²) in [7, 11) is 0. The molecule has 0 radical (unpaired) electrons. The SMILES string of the molecule is Cc1cccc(Cn2c(=O)c3c(Cl)cc(Cl)cc3n(Cc3ccccc3)c2=O)c1. The number of rotatable bonds is 4. The maximum absolute atomic E-state index is 13.4. The van der Waals surface area contributed by atoms with Crippen molar-refractivity contribution in [3.63, 3.8) is 0 Å². The van der Waals surface area contributed by atoms with Crippen molar-refractivity contribution in [3.8, 4) is 0 Å². The quantitative estimate of drug-likeness (QED) is 0.468. The van der Waals surface area contributed by atoms with Crippen LogP contribution in [0.1, 0.15) is 16.7 Å². The Morgan fingerprint density at radius 3 is 2.21 bits per heavy atom. The summed E-state index contributed by atoms with van der Waals surface area (Å²) in [5.74, 6) is 0. The second kappa shape index (κ2) is 7.90. The van der Waals surface area contributed by atoms with Crippen LogP contribution >= 0.6 is 23.2 Å². The maximum Gasteiger partial charge on any atom is 0.332 e. The molecule has 6 heteroatoms. The highest BCUT2D eigenvalue weighted by molar-refractivity contribution is 6.38. The van der Waals surface area contributed by atoms with Gasteiger partial charge in [0.05, 0.1) is 29.0 Å². The monoisotopic (exact) mass is 424 g/mol. The molecular weight excluding hydrogens is 407 g/mol. The molecule has 0 aliphatic heterocycles. The van der Waals surface area contributed by atoms with Gasteiger partial charge in [0.15, 0.2) is 0 Å². The van der Waals surface area contributed by atoms with Gasteiger partial charge in [-0.05, 0) is 30.2 Å². The number of hydrogen-bond acceptors (Lipinski definition) is 2. The molecule has 1 aromatic heterocycles. The first-order chi connectivity index (χ1) is 13.9. The highest BCUT2D eigenvalue weighted by Gasteiger charge is 2.17. The number of hydrogen-bond donors (Lipinski definition) is 0. The van der Waals surface area contributed by atoms with Crippen molar-refractivity contribution in [2.75, 3.05) is 0 Å². The van der Waals surface area contributed by atoms with Crippen molar-refractivity contribution in [1.29, 1.82) is 0 Å². The summed E-state index contributed by atoms with van der Waals surface area (Å²) < 4.78 is 2.79. The van der Waals surface area contributed by atoms with Crippen LogP contribution in [0.4, 0.5) is 0 Å². The molecule has 1 heterocycles. The third-order valence-corrected chi connectivity index (χ3v) is 5.37. The van der Waals surface area contributed by atoms with E-state index in [1.54, 1.807) is 10.6 Å². The Morgan fingerprint density at radius 1 is 0.793 bits per heavy atom. The molecule has 0 bridgehead atoms. The van der Waals surface area contributed by atoms with Gasteiger partial charge in [-0.1, -0.05) is 83.4 Å². The first-order valence-corrected chi connectivity index (χ1v) is 9.91. The first-order valence-electron chi connectivity index (χ1n) is 9.16. The molecule has 0 fully saturated rings. The van der Waals surface area contributed by atoms with E-state index in [2.05, 4.69) is 0 Å². The molecule has 0 aliphatic carbocycles. The van der Waals surface area contributed by atoms with Gasteiger partial charge in [0.25, 0.3) is 5.56 Å². The van der Waals surface area contributed by atoms with E-state index < -0.39 is 11.2 Å². The van der Waals surface area contributed by atoms with Crippen LogP contribution in [0.25, 0.3) is 10.9 Å². The number of nitrogens with zero attached hydrogens (tertiary/aromatic N) is 2. The average molecular weight is 425 g/mol. The van der Waals surface area contributed by atoms with Crippen LogP contribution in [0.2, 0.25) is 10.0 Å². The van der Waals surface area contributed by atoms with Gasteiger partial charge in [0.2, 0.25) is 0 Å². The molecule has 0 N–H and O–H groups in total. The molecule has 4 rings (SSSR count). The highest BCUT2D eigenvalue weighted by Crippen LogP contribution is 2.25. The second-order valence-electron chi connectivity index (χ2n) is 7.02. The molecule has 0 spiro atoms. The molecule has 29 heavy (non-hydrogen) atoms. The Morgan fingerprint density at radius 2 is 1.48 bits per heavy atom. The summed E-state index contributed by atoms with van der Waals surface area (Å²) in [6.07, 6.45) is 0. The number of fused-ring (bicyclic) bond motifs is 1. The molecule has 146 valence electrons. The van der Waals surface area contributed by atoms with Crippen LogP contribution in [0, 0.1) is 6.92 Å². The van der Waals surface area contributed by atoms with Crippen LogP contribution in [0.3, 0.4) is 0 Å². The van der Waals surface area contributed by atoms with Gasteiger partial charge in [-0.25, -0.2) is 4.79 Å². The number of halogens is 2. The van der Waals surface area contributed by atoms with Crippen LogP contribution in [-0.2, 0) is 13.1 Å². The number of benzene rings is 3. The summed E-state index contributed by atoms with van der Waals surface area (Å²) in [6.45, 7) is 2.45. The van der Waals surface area contributed by atoms with Gasteiger partial charge in [-0.15, -0.1) is 0 Å². The fourth-order valence-electron chi connectivity index (χ4n) is 3.51. The van der Waals surface area contributed by atoms with Crippen LogP contribution in [0.15, 0.2) is 76.3 Å². The van der Waals surface area contributed by atoms with Crippen molar-refractivity contribution in [2.24, 2.45) is 0 Å². The van der Waals surface area contributed by atoms with E-state index in [0.717, 1.165) is 16.7 Å². The van der Waals surface area contributed by atoms with E-state index in [9.17, 15) is 9.59 Å². The summed E-state index contributed by atoms with van der Waals surface area (Å²) in [5, 5.41) is 0.899. The van der Waals surface area contributed by atoms with Crippen molar-refractivity contribution in [2.45, 2.75) is 20.0 Å². The predicted octanol–water partition coefficient (Wildman–Crippen LogP) is 4.88. The van der Waals surface area contributed by atoms with E-state index in [0.29, 0.717) is 22.5 Å². The minimum absolute atomic E-state index is 0.170. The summed E-state index contributed by atoms with van der Waals surface area (Å²) in [4.78, 5) is 26.6. The van der Waals surface area contributed by atoms with Crippen molar-refractivity contribution < 1.29 is 0 Å². The smallest absolute Gasteiger partial charge is 0.289 e. The molecule has 0 atom stereocenters. The van der Waals surface area contributed by atoms with E-state index in [4.69, 9.17) is 23.2 Å². The zero-order chi connectivity index (χ0) is 20.5. The summed E-state index contributed by atoms with van der Waals surface area (Å²) in [6, 6.07) is 20.5. The number of aromatic nitrogens is 2. The summed E-state index contributed by atoms with van der Waals surface area (Å²) in [5.41, 5.74) is 2.49. The lowest BCUT2D eigenvalue weighted by Gasteiger charge is -2.15. The number of aryl methyl sites for hydroxylation is 1. The normalized spacial score (nSPS) is 11.1. The van der Waals surface area contributed by atoms with Gasteiger partial charge in [0, 0.05) is 5.02 Å². The lowest BCUT2D eigenvalue weighted by molar-refractivity contribution is 0.635. The fraction of sp³-hybridized carbons (Fsp3) is 0.130. The molecule has 3 aromatic carbocycles. The minimum Gasteiger partial charge on any atom is -0.289 e. The molecule has 0 amide bonds. The third kappa shape index (κ3) is 3.86. The van der Waals surface area contributed by atoms with E-state index in [1.807, 2.05) is 61.5 Å². The van der Waals surface area contributed by atoms with Crippen molar-refractivity contribution >= 4 is 34.1 Å². The first kappa shape index (κ1) is 19.5. The van der Waals surface area contributed by atoms with Crippen LogP contribution in [0.5, 0.6) is 0 Å². The molecule has 4 aromatic rings. The van der Waals surface area contributed by atoms with E-state index in [1.165, 1.54) is 10.6 Å². The molecular formula is C23H18Cl2N2O2. The van der Waals surface area contributed by atoms with Gasteiger partial charge in [-0.3, -0.25) is 13.9 Å². The second-order valence-corrected chi connectivity index (χ2v) is 7.86. The van der Waals surface area contributed by atoms with Gasteiger partial charge >= 0.3 is 5.69 Å². The Balaban J connectivity index is 1.99. The van der Waals surface area contributed by atoms with Gasteiger partial charge < -0.3 is 0 Å². The Bertz CT molecular complexity index is 1320. The topological polar surface area (TPSA) is 44.0 Å². The standard InChI is InChI=1S/C23H18Cl2N2O2/c1-15-6-5-9-17(10-15)14-27-22(28)21-19(25)11-18(24)12-20(21)26(23(27)29)13-16-7-3-2-4-8-16/h2-12H,13-14H2,1H3. The minimum atomic E-state index is -0.419. The fourth-order valence-corrected chi connectivity index (χ4v) is 4.07. The van der Waals surface area contributed by atoms with E-state index >= 15 is 0 Å². The Kier molecular flexibility index (Phi) is 5.31. The van der Waals surface area contributed by atoms with Gasteiger partial charge in [-0.2, -0.15) is 0 Å². The molecule has 0 saturated carbocycles. The van der Waals surface area contributed by atoms with Crippen molar-refractivity contribution in [3.05, 3.63) is 114 Å². The predicted molar refractivity (Wildman–Crippen MR) is 118 cm³/mol. The molecule has 0 saturated heterocycles. The van der Waals surface area contributed by atoms with Crippen LogP contribution < -0.4 is 11.2 Å². The third-order valence-electron chi connectivity index (χ3n) is 4.85. The summed E-state index contributed by atoms with van der Waals surface area (Å²) >= 11 is 12.6. The Hall–Kier alpha value is -2.82. The lowest BCUT2D eigenvalue weighted by atomic mass is 10.1. The molecule has 0 aliphatic rings. The van der Waals surface area contributed by atoms with E-state index in [-0.39, 0.29) is 11.6 Å². The highest BCUT2D eigenvalue weighted by atomic mass is 35.5. The van der Waals surface area contributed by atoms with Gasteiger partial charge in [0.1, 0.15) is 0 Å². The maximum atomic E-state index is 13.4.